The number of rotatable bonds is 13. The third-order valence-electron chi connectivity index (χ3n) is 6.59. The van der Waals surface area contributed by atoms with Crippen LogP contribution >= 0.6 is 11.3 Å². The van der Waals surface area contributed by atoms with Gasteiger partial charge in [0.2, 0.25) is 18.1 Å². The zero-order valence-electron chi connectivity index (χ0n) is 26.5. The molecule has 2 radical (unpaired) electrons. The molecule has 2 aromatic rings. The number of benzene rings is 1. The molecule has 0 aliphatic heterocycles. The van der Waals surface area contributed by atoms with Crippen LogP contribution in [0.2, 0.25) is 26.2 Å². The van der Waals surface area contributed by atoms with E-state index in [1.165, 1.54) is 33.2 Å². The minimum atomic E-state index is -0.927. The zero-order chi connectivity index (χ0) is 30.3. The first-order valence-electron chi connectivity index (χ1n) is 14.3. The van der Waals surface area contributed by atoms with Crippen molar-refractivity contribution in [1.29, 1.82) is 0 Å². The van der Waals surface area contributed by atoms with Crippen molar-refractivity contribution in [1.82, 2.24) is 0 Å². The summed E-state index contributed by atoms with van der Waals surface area (Å²) in [6.45, 7) is 24.6. The van der Waals surface area contributed by atoms with Gasteiger partial charge in [0.1, 0.15) is 0 Å². The quantitative estimate of drug-likeness (QED) is 0.142. The smallest absolute Gasteiger partial charge is 0.328 e. The number of aryl methyl sites for hydroxylation is 2. The Labute approximate surface area is 251 Å². The Kier molecular flexibility index (Phi) is 12.8. The second-order valence-corrected chi connectivity index (χ2v) is 18.1. The van der Waals surface area contributed by atoms with Gasteiger partial charge in [-0.1, -0.05) is 78.8 Å². The Bertz CT molecular complexity index is 1170. The predicted octanol–water partition coefficient (Wildman–Crippen LogP) is 9.68. The summed E-state index contributed by atoms with van der Waals surface area (Å²) in [6, 6.07) is 9.22. The molecule has 2 atom stereocenters. The highest BCUT2D eigenvalue weighted by molar-refractivity contribution is 7.11. The van der Waals surface area contributed by atoms with Crippen LogP contribution in [0.25, 0.3) is 5.57 Å². The van der Waals surface area contributed by atoms with Gasteiger partial charge in [0.15, 0.2) is 0 Å². The average molecular weight is 599 g/mol. The van der Waals surface area contributed by atoms with E-state index >= 15 is 0 Å². The summed E-state index contributed by atoms with van der Waals surface area (Å²) >= 11 is 1.73. The lowest BCUT2D eigenvalue weighted by atomic mass is 9.77. The molecule has 0 spiro atoms. The van der Waals surface area contributed by atoms with E-state index in [0.717, 1.165) is 24.8 Å². The maximum absolute atomic E-state index is 10.8. The maximum atomic E-state index is 10.8. The molecule has 2 unspecified atom stereocenters. The summed E-state index contributed by atoms with van der Waals surface area (Å²) in [6.07, 6.45) is 7.46. The van der Waals surface area contributed by atoms with Crippen molar-refractivity contribution in [2.45, 2.75) is 106 Å². The molecular formula is C33H50O4SSi2. The normalized spacial score (nSPS) is 14.9. The van der Waals surface area contributed by atoms with Gasteiger partial charge in [-0.2, -0.15) is 0 Å². The fraction of sp³-hybridized carbons (Fsp3) is 0.545. The molecule has 1 heterocycles. The van der Waals surface area contributed by atoms with Gasteiger partial charge < -0.3 is 14.0 Å². The molecule has 1 N–H and O–H groups in total. The van der Waals surface area contributed by atoms with Gasteiger partial charge in [0, 0.05) is 11.0 Å². The molecule has 0 bridgehead atoms. The van der Waals surface area contributed by atoms with Crippen LogP contribution in [0.1, 0.15) is 94.2 Å². The fourth-order valence-electron chi connectivity index (χ4n) is 4.72. The van der Waals surface area contributed by atoms with E-state index in [1.54, 1.807) is 17.4 Å². The second kappa shape index (κ2) is 14.9. The summed E-state index contributed by atoms with van der Waals surface area (Å²) in [7, 11) is -1.83. The van der Waals surface area contributed by atoms with Crippen molar-refractivity contribution < 1.29 is 18.8 Å². The van der Waals surface area contributed by atoms with Crippen LogP contribution in [-0.2, 0) is 26.5 Å². The van der Waals surface area contributed by atoms with Gasteiger partial charge in [0.05, 0.1) is 12.2 Å². The van der Waals surface area contributed by atoms with Crippen LogP contribution in [0.15, 0.2) is 47.9 Å². The number of allylic oxidation sites excluding steroid dienone is 3. The number of carbonyl (C=O) groups is 1. The summed E-state index contributed by atoms with van der Waals surface area (Å²) in [5, 5.41) is 11.1. The van der Waals surface area contributed by atoms with E-state index in [-0.39, 0.29) is 23.0 Å². The average Bonchev–Trinajstić information content (AvgIpc) is 3.29. The number of hydrogen-bond acceptors (Lipinski definition) is 4. The minimum Gasteiger partial charge on any atom is -0.478 e. The predicted molar refractivity (Wildman–Crippen MR) is 175 cm³/mol. The van der Waals surface area contributed by atoms with E-state index in [9.17, 15) is 4.79 Å². The molecule has 40 heavy (non-hydrogen) atoms. The monoisotopic (exact) mass is 598 g/mol. The van der Waals surface area contributed by atoms with E-state index in [0.29, 0.717) is 0 Å². The van der Waals surface area contributed by atoms with Gasteiger partial charge in [-0.05, 0) is 95.6 Å². The summed E-state index contributed by atoms with van der Waals surface area (Å²) in [5.41, 5.74) is 6.22. The molecule has 0 saturated carbocycles. The van der Waals surface area contributed by atoms with Gasteiger partial charge in [-0.3, -0.25) is 0 Å². The zero-order valence-corrected chi connectivity index (χ0v) is 29.3. The SMILES string of the molecule is CCC(=CC=CC(=O)O)c1cc(CCc2ccc(C(O[Si](C)C)C(C)(C)C)c(C(O[Si](C)C)C(C)(C)C)c2)cs1. The summed E-state index contributed by atoms with van der Waals surface area (Å²) in [4.78, 5) is 12.0. The van der Waals surface area contributed by atoms with E-state index in [2.05, 4.69) is 104 Å². The van der Waals surface area contributed by atoms with Crippen molar-refractivity contribution in [3.63, 3.8) is 0 Å². The van der Waals surface area contributed by atoms with Crippen LogP contribution in [0.3, 0.4) is 0 Å². The molecule has 0 fully saturated rings. The van der Waals surface area contributed by atoms with Gasteiger partial charge in [-0.25, -0.2) is 4.79 Å². The van der Waals surface area contributed by atoms with Gasteiger partial charge in [0.25, 0.3) is 0 Å². The van der Waals surface area contributed by atoms with Crippen molar-refractivity contribution in [2.24, 2.45) is 10.8 Å². The van der Waals surface area contributed by atoms with E-state index in [1.807, 2.05) is 6.08 Å². The van der Waals surface area contributed by atoms with Gasteiger partial charge in [-0.15, -0.1) is 11.3 Å². The Hall–Kier alpha value is -1.78. The first-order chi connectivity index (χ1) is 18.5. The molecule has 1 aromatic heterocycles. The highest BCUT2D eigenvalue weighted by Crippen LogP contribution is 2.45. The highest BCUT2D eigenvalue weighted by atomic mass is 32.1. The van der Waals surface area contributed by atoms with Crippen LogP contribution in [0, 0.1) is 10.8 Å². The third-order valence-corrected chi connectivity index (χ3v) is 9.05. The number of carboxylic acids is 1. The first-order valence-corrected chi connectivity index (χ1v) is 20.0. The molecule has 0 saturated heterocycles. The Morgan fingerprint density at radius 2 is 1.45 bits per heavy atom. The van der Waals surface area contributed by atoms with Gasteiger partial charge >= 0.3 is 5.97 Å². The molecule has 4 nitrogen and oxygen atoms in total. The molecule has 0 amide bonds. The standard InChI is InChI=1S/C33H50O4SSi2/c1-12-25(14-13-15-29(34)35)28-21-24(22-38-28)17-16-23-18-19-26(30(32(2,3)4)36-39(8)9)27(20-23)31(33(5,6)7)37-40(10)11/h13-15,18-22,30-31H,12,16-17H2,1-11H3,(H,34,35). The van der Waals surface area contributed by atoms with Crippen molar-refractivity contribution in [3.05, 3.63) is 75.0 Å². The lowest BCUT2D eigenvalue weighted by Crippen LogP contribution is -2.31. The second-order valence-electron chi connectivity index (χ2n) is 13.1. The van der Waals surface area contributed by atoms with Crippen molar-refractivity contribution >= 4 is 41.0 Å². The lowest BCUT2D eigenvalue weighted by Gasteiger charge is -2.39. The van der Waals surface area contributed by atoms with Crippen LogP contribution < -0.4 is 0 Å². The Morgan fingerprint density at radius 3 is 1.95 bits per heavy atom. The van der Waals surface area contributed by atoms with Crippen molar-refractivity contribution in [3.8, 4) is 0 Å². The van der Waals surface area contributed by atoms with E-state index in [4.69, 9.17) is 14.0 Å². The summed E-state index contributed by atoms with van der Waals surface area (Å²) < 4.78 is 13.4. The Balaban J connectivity index is 2.45. The third kappa shape index (κ3) is 10.6. The number of aliphatic carboxylic acids is 1. The molecule has 0 aliphatic carbocycles. The van der Waals surface area contributed by atoms with Crippen molar-refractivity contribution in [2.75, 3.05) is 0 Å². The lowest BCUT2D eigenvalue weighted by molar-refractivity contribution is -0.131. The molecule has 0 aliphatic rings. The fourth-order valence-corrected chi connectivity index (χ4v) is 7.67. The van der Waals surface area contributed by atoms with Crippen LogP contribution in [-0.4, -0.2) is 29.2 Å². The summed E-state index contributed by atoms with van der Waals surface area (Å²) in [5.74, 6) is -0.927. The van der Waals surface area contributed by atoms with Crippen LogP contribution in [0.4, 0.5) is 0 Å². The number of carboxylic acid groups (broad SMARTS) is 1. The highest BCUT2D eigenvalue weighted by Gasteiger charge is 2.36. The maximum Gasteiger partial charge on any atom is 0.328 e. The largest absolute Gasteiger partial charge is 0.478 e. The number of thiophene rings is 1. The minimum absolute atomic E-state index is 0.00645. The first kappa shape index (κ1) is 34.4. The molecule has 1 aromatic carbocycles. The molecule has 2 rings (SSSR count). The molecular weight excluding hydrogens is 549 g/mol. The van der Waals surface area contributed by atoms with Crippen LogP contribution in [0.5, 0.6) is 0 Å². The van der Waals surface area contributed by atoms with E-state index < -0.39 is 24.0 Å². The number of hydrogen-bond donors (Lipinski definition) is 1. The topological polar surface area (TPSA) is 55.8 Å². The molecule has 7 heteroatoms. The molecule has 220 valence electrons. The Morgan fingerprint density at radius 1 is 0.900 bits per heavy atom.